The molecular weight excluding hydrogens is 246 g/mol. The summed E-state index contributed by atoms with van der Waals surface area (Å²) in [6, 6.07) is 8.45. The lowest BCUT2D eigenvalue weighted by Crippen LogP contribution is -2.28. The molecule has 0 saturated carbocycles. The highest BCUT2D eigenvalue weighted by Crippen LogP contribution is 2.21. The molecule has 0 aliphatic rings. The van der Waals surface area contributed by atoms with Crippen LogP contribution in [0.5, 0.6) is 5.75 Å². The largest absolute Gasteiger partial charge is 0.492 e. The van der Waals surface area contributed by atoms with Gasteiger partial charge in [0.15, 0.2) is 0 Å². The number of benzene rings is 1. The summed E-state index contributed by atoms with van der Waals surface area (Å²) in [6.45, 7) is 15.3. The summed E-state index contributed by atoms with van der Waals surface area (Å²) in [5, 5.41) is 0. The van der Waals surface area contributed by atoms with Gasteiger partial charge in [0.1, 0.15) is 12.4 Å². The van der Waals surface area contributed by atoms with E-state index in [-0.39, 0.29) is 0 Å². The summed E-state index contributed by atoms with van der Waals surface area (Å²) in [4.78, 5) is 2.24. The molecule has 0 radical (unpaired) electrons. The van der Waals surface area contributed by atoms with Crippen molar-refractivity contribution >= 4 is 0 Å². The Morgan fingerprint density at radius 1 is 1.15 bits per heavy atom. The molecule has 0 saturated heterocycles. The zero-order valence-electron chi connectivity index (χ0n) is 12.8. The molecule has 0 spiro atoms. The van der Waals surface area contributed by atoms with Gasteiger partial charge in [0.05, 0.1) is 0 Å². The maximum absolute atomic E-state index is 5.79. The first-order valence-corrected chi connectivity index (χ1v) is 7.38. The van der Waals surface area contributed by atoms with Gasteiger partial charge in [-0.2, -0.15) is 0 Å². The van der Waals surface area contributed by atoms with Crippen LogP contribution in [-0.2, 0) is 0 Å². The fourth-order valence-electron chi connectivity index (χ4n) is 2.04. The molecule has 0 heterocycles. The van der Waals surface area contributed by atoms with Gasteiger partial charge in [0.25, 0.3) is 0 Å². The Labute approximate surface area is 123 Å². The minimum atomic E-state index is 0.611. The number of hydrogen-bond acceptors (Lipinski definition) is 2. The first kappa shape index (κ1) is 16.5. The van der Waals surface area contributed by atoms with Crippen LogP contribution in [0.3, 0.4) is 0 Å². The van der Waals surface area contributed by atoms with Crippen LogP contribution in [-0.4, -0.2) is 31.1 Å². The first-order valence-electron chi connectivity index (χ1n) is 7.38. The Balaban J connectivity index is 2.41. The summed E-state index contributed by atoms with van der Waals surface area (Å²) in [5.41, 5.74) is 1.37. The second-order valence-corrected chi connectivity index (χ2v) is 5.06. The predicted molar refractivity (Wildman–Crippen MR) is 87.5 cm³/mol. The highest BCUT2D eigenvalue weighted by atomic mass is 16.5. The molecule has 1 aromatic rings. The van der Waals surface area contributed by atoms with Gasteiger partial charge in [-0.1, -0.05) is 38.1 Å². The van der Waals surface area contributed by atoms with Crippen molar-refractivity contribution in [3.63, 3.8) is 0 Å². The minimum absolute atomic E-state index is 0.611. The molecule has 0 aliphatic heterocycles. The van der Waals surface area contributed by atoms with E-state index in [9.17, 15) is 0 Å². The van der Waals surface area contributed by atoms with Crippen molar-refractivity contribution < 1.29 is 4.74 Å². The fourth-order valence-corrected chi connectivity index (χ4v) is 2.04. The molecule has 0 amide bonds. The van der Waals surface area contributed by atoms with Gasteiger partial charge < -0.3 is 4.74 Å². The summed E-state index contributed by atoms with van der Waals surface area (Å²) in [7, 11) is 0. The van der Waals surface area contributed by atoms with Crippen molar-refractivity contribution in [2.24, 2.45) is 0 Å². The minimum Gasteiger partial charge on any atom is -0.492 e. The third-order valence-electron chi connectivity index (χ3n) is 3.51. The SMILES string of the molecule is C=CCN(CC=C)CCOc1ccc([C@@H](C)CC)cc1. The van der Waals surface area contributed by atoms with Crippen LogP contribution >= 0.6 is 0 Å². The van der Waals surface area contributed by atoms with Crippen molar-refractivity contribution in [1.29, 1.82) is 0 Å². The van der Waals surface area contributed by atoms with Crippen molar-refractivity contribution in [3.8, 4) is 5.75 Å². The van der Waals surface area contributed by atoms with Crippen LogP contribution in [0.1, 0.15) is 31.7 Å². The molecule has 0 N–H and O–H groups in total. The Morgan fingerprint density at radius 3 is 2.25 bits per heavy atom. The van der Waals surface area contributed by atoms with E-state index in [0.717, 1.165) is 31.8 Å². The van der Waals surface area contributed by atoms with Gasteiger partial charge in [-0.3, -0.25) is 4.90 Å². The Bertz CT molecular complexity index is 386. The predicted octanol–water partition coefficient (Wildman–Crippen LogP) is 4.25. The molecule has 0 aliphatic carbocycles. The molecule has 2 heteroatoms. The molecule has 2 nitrogen and oxygen atoms in total. The van der Waals surface area contributed by atoms with Gasteiger partial charge in [0.2, 0.25) is 0 Å². The van der Waals surface area contributed by atoms with Crippen molar-refractivity contribution in [2.75, 3.05) is 26.2 Å². The van der Waals surface area contributed by atoms with E-state index in [1.54, 1.807) is 0 Å². The number of nitrogens with zero attached hydrogens (tertiary/aromatic N) is 1. The number of rotatable bonds is 10. The van der Waals surface area contributed by atoms with Crippen LogP contribution < -0.4 is 4.74 Å². The molecule has 0 aromatic heterocycles. The smallest absolute Gasteiger partial charge is 0.119 e. The second-order valence-electron chi connectivity index (χ2n) is 5.06. The second kappa shape index (κ2) is 9.38. The van der Waals surface area contributed by atoms with Gasteiger partial charge in [-0.15, -0.1) is 13.2 Å². The summed E-state index contributed by atoms with van der Waals surface area (Å²) in [5.74, 6) is 1.55. The first-order chi connectivity index (χ1) is 9.71. The summed E-state index contributed by atoms with van der Waals surface area (Å²) < 4.78 is 5.79. The highest BCUT2D eigenvalue weighted by molar-refractivity contribution is 5.29. The molecule has 0 bridgehead atoms. The van der Waals surface area contributed by atoms with E-state index >= 15 is 0 Å². The van der Waals surface area contributed by atoms with Crippen LogP contribution in [0.15, 0.2) is 49.6 Å². The molecule has 1 rings (SSSR count). The molecule has 20 heavy (non-hydrogen) atoms. The lowest BCUT2D eigenvalue weighted by molar-refractivity contribution is 0.236. The van der Waals surface area contributed by atoms with Crippen LogP contribution in [0.2, 0.25) is 0 Å². The zero-order chi connectivity index (χ0) is 14.8. The third kappa shape index (κ3) is 5.62. The average molecular weight is 273 g/mol. The molecule has 0 unspecified atom stereocenters. The third-order valence-corrected chi connectivity index (χ3v) is 3.51. The Morgan fingerprint density at radius 2 is 1.75 bits per heavy atom. The molecule has 0 fully saturated rings. The van der Waals surface area contributed by atoms with E-state index in [0.29, 0.717) is 12.5 Å². The number of hydrogen-bond donors (Lipinski definition) is 0. The van der Waals surface area contributed by atoms with Gasteiger partial charge in [-0.25, -0.2) is 0 Å². The standard InChI is InChI=1S/C18H27NO/c1-5-12-19(13-6-2)14-15-20-18-10-8-17(9-11-18)16(4)7-3/h5-6,8-11,16H,1-2,7,12-15H2,3-4H3/t16-/m0/s1. The molecule has 1 aromatic carbocycles. The molecule has 1 atom stereocenters. The Hall–Kier alpha value is -1.54. The van der Waals surface area contributed by atoms with E-state index in [1.807, 2.05) is 12.2 Å². The van der Waals surface area contributed by atoms with Crippen molar-refractivity contribution in [3.05, 3.63) is 55.1 Å². The van der Waals surface area contributed by atoms with Crippen molar-refractivity contribution in [1.82, 2.24) is 4.90 Å². The number of ether oxygens (including phenoxy) is 1. The maximum Gasteiger partial charge on any atom is 0.119 e. The van der Waals surface area contributed by atoms with Crippen molar-refractivity contribution in [2.45, 2.75) is 26.2 Å². The lowest BCUT2D eigenvalue weighted by Gasteiger charge is -2.19. The highest BCUT2D eigenvalue weighted by Gasteiger charge is 2.04. The van der Waals surface area contributed by atoms with Crippen LogP contribution in [0, 0.1) is 0 Å². The summed E-state index contributed by atoms with van der Waals surface area (Å²) >= 11 is 0. The van der Waals surface area contributed by atoms with Gasteiger partial charge in [0, 0.05) is 19.6 Å². The normalized spacial score (nSPS) is 12.2. The fraction of sp³-hybridized carbons (Fsp3) is 0.444. The maximum atomic E-state index is 5.79. The molecule has 110 valence electrons. The lowest BCUT2D eigenvalue weighted by atomic mass is 9.99. The van der Waals surface area contributed by atoms with E-state index < -0.39 is 0 Å². The Kier molecular flexibility index (Phi) is 7.74. The van der Waals surface area contributed by atoms with Gasteiger partial charge in [-0.05, 0) is 30.0 Å². The average Bonchev–Trinajstić information content (AvgIpc) is 2.47. The van der Waals surface area contributed by atoms with Crippen LogP contribution in [0.4, 0.5) is 0 Å². The summed E-state index contributed by atoms with van der Waals surface area (Å²) in [6.07, 6.45) is 4.98. The van der Waals surface area contributed by atoms with E-state index in [1.165, 1.54) is 5.56 Å². The van der Waals surface area contributed by atoms with E-state index in [4.69, 9.17) is 4.74 Å². The van der Waals surface area contributed by atoms with Crippen LogP contribution in [0.25, 0.3) is 0 Å². The monoisotopic (exact) mass is 273 g/mol. The topological polar surface area (TPSA) is 12.5 Å². The van der Waals surface area contributed by atoms with Gasteiger partial charge >= 0.3 is 0 Å². The van der Waals surface area contributed by atoms with E-state index in [2.05, 4.69) is 56.2 Å². The quantitative estimate of drug-likeness (QED) is 0.591. The zero-order valence-corrected chi connectivity index (χ0v) is 12.8. The molecular formula is C18H27NO.